The number of thiocarbonyl (C=S) groups is 2. The van der Waals surface area contributed by atoms with Crippen LogP contribution in [0.2, 0.25) is 0 Å². The standard InChI is InChI=1S/C21H41NOS3.C14H28.ClH/c1-4-6-7-8-9-10-11-12-13-14-15-16-17-18-20(25)23-21(22,5-2)26-19(3)24;1-2-3-4-5-6-7-8-9-10-11-14-12-13-14;/h4-18,22H2,1-3H3;14H,2-13H2,1H3;1H. The fraction of sp³-hybridized carbons (Fsp3) is 0.943. The van der Waals surface area contributed by atoms with Crippen molar-refractivity contribution in [1.82, 2.24) is 0 Å². The smallest absolute Gasteiger partial charge is 0.212 e. The molecule has 0 aromatic heterocycles. The van der Waals surface area contributed by atoms with Gasteiger partial charge in [-0.15, -0.1) is 12.4 Å². The molecule has 1 atom stereocenters. The quantitative estimate of drug-likeness (QED) is 0.0543. The molecular weight excluding hydrogens is 582 g/mol. The van der Waals surface area contributed by atoms with Crippen molar-refractivity contribution in [1.29, 1.82) is 0 Å². The molecule has 0 saturated heterocycles. The number of ether oxygens (including phenoxy) is 1. The molecule has 1 fully saturated rings. The Morgan fingerprint density at radius 2 is 1.02 bits per heavy atom. The fourth-order valence-electron chi connectivity index (χ4n) is 5.09. The molecule has 0 aliphatic heterocycles. The van der Waals surface area contributed by atoms with Crippen LogP contribution in [0.3, 0.4) is 0 Å². The van der Waals surface area contributed by atoms with Gasteiger partial charge in [0.2, 0.25) is 5.06 Å². The van der Waals surface area contributed by atoms with E-state index in [0.717, 1.165) is 23.0 Å². The maximum absolute atomic E-state index is 6.21. The van der Waals surface area contributed by atoms with Gasteiger partial charge < -0.3 is 4.74 Å². The SMILES string of the molecule is CCCCCCCCCCCC1CC1.CCCCCCCCCCCCCCCC(=S)OC(N)(CC)SC(C)=S.Cl. The number of unbranched alkanes of at least 4 members (excludes halogenated alkanes) is 20. The first-order valence-corrected chi connectivity index (χ1v) is 19.2. The normalized spacial score (nSPS) is 14.0. The summed E-state index contributed by atoms with van der Waals surface area (Å²) in [5.74, 6) is 1.15. The molecule has 1 saturated carbocycles. The van der Waals surface area contributed by atoms with Crippen LogP contribution in [0.15, 0.2) is 0 Å². The lowest BCUT2D eigenvalue weighted by molar-refractivity contribution is 0.156. The Balaban J connectivity index is 0. The highest BCUT2D eigenvalue weighted by Crippen LogP contribution is 2.34. The maximum Gasteiger partial charge on any atom is 0.212 e. The molecule has 0 radical (unpaired) electrons. The van der Waals surface area contributed by atoms with Gasteiger partial charge in [0, 0.05) is 17.0 Å². The summed E-state index contributed by atoms with van der Waals surface area (Å²) < 4.78 is 6.58. The molecule has 0 bridgehead atoms. The van der Waals surface area contributed by atoms with Gasteiger partial charge in [0.1, 0.15) is 0 Å². The summed E-state index contributed by atoms with van der Waals surface area (Å²) >= 11 is 11.9. The van der Waals surface area contributed by atoms with Crippen molar-refractivity contribution < 1.29 is 4.74 Å². The molecule has 1 aliphatic carbocycles. The summed E-state index contributed by atoms with van der Waals surface area (Å²) in [6.45, 7) is 8.44. The second kappa shape index (κ2) is 32.0. The van der Waals surface area contributed by atoms with Gasteiger partial charge in [-0.1, -0.05) is 199 Å². The van der Waals surface area contributed by atoms with E-state index in [4.69, 9.17) is 34.9 Å². The van der Waals surface area contributed by atoms with Crippen molar-refractivity contribution in [2.45, 2.75) is 206 Å². The molecule has 1 unspecified atom stereocenters. The Kier molecular flexibility index (Phi) is 34.1. The molecule has 1 aliphatic rings. The van der Waals surface area contributed by atoms with E-state index in [2.05, 4.69) is 13.8 Å². The molecule has 0 spiro atoms. The number of nitrogens with two attached hydrogens (primary N) is 1. The van der Waals surface area contributed by atoms with Gasteiger partial charge in [-0.2, -0.15) is 0 Å². The highest BCUT2D eigenvalue weighted by Gasteiger charge is 2.27. The van der Waals surface area contributed by atoms with Crippen LogP contribution < -0.4 is 5.73 Å². The summed E-state index contributed by atoms with van der Waals surface area (Å²) in [6, 6.07) is 0. The topological polar surface area (TPSA) is 35.2 Å². The number of hydrogen-bond donors (Lipinski definition) is 1. The number of rotatable bonds is 27. The second-order valence-corrected chi connectivity index (χ2v) is 15.1. The van der Waals surface area contributed by atoms with Crippen LogP contribution >= 0.6 is 48.6 Å². The average Bonchev–Trinajstić information content (AvgIpc) is 3.75. The highest BCUT2D eigenvalue weighted by atomic mass is 35.5. The fourth-order valence-corrected chi connectivity index (χ4v) is 6.63. The lowest BCUT2D eigenvalue weighted by Crippen LogP contribution is -2.40. The molecular formula is C35H70ClNOS3. The Morgan fingerprint density at radius 1 is 0.659 bits per heavy atom. The molecule has 1 rings (SSSR count). The third kappa shape index (κ3) is 33.3. The van der Waals surface area contributed by atoms with Crippen LogP contribution in [-0.2, 0) is 4.74 Å². The Morgan fingerprint density at radius 3 is 1.37 bits per heavy atom. The number of halogens is 1. The summed E-state index contributed by atoms with van der Waals surface area (Å²) in [4.78, 5) is 0. The van der Waals surface area contributed by atoms with Gasteiger partial charge in [0.25, 0.3) is 0 Å². The lowest BCUT2D eigenvalue weighted by Gasteiger charge is -2.28. The first-order valence-electron chi connectivity index (χ1n) is 17.6. The summed E-state index contributed by atoms with van der Waals surface area (Å²) in [5.41, 5.74) is 6.21. The number of hydrogen-bond acceptors (Lipinski definition) is 5. The van der Waals surface area contributed by atoms with Gasteiger partial charge in [-0.3, -0.25) is 5.73 Å². The van der Waals surface area contributed by atoms with Crippen molar-refractivity contribution in [2.75, 3.05) is 0 Å². The predicted molar refractivity (Wildman–Crippen MR) is 199 cm³/mol. The first kappa shape index (κ1) is 43.7. The van der Waals surface area contributed by atoms with E-state index < -0.39 is 5.06 Å². The zero-order valence-electron chi connectivity index (χ0n) is 27.8. The van der Waals surface area contributed by atoms with Crippen molar-refractivity contribution in [3.63, 3.8) is 0 Å². The van der Waals surface area contributed by atoms with Crippen LogP contribution in [0.25, 0.3) is 0 Å². The Bertz CT molecular complexity index is 588. The maximum atomic E-state index is 6.21. The van der Waals surface area contributed by atoms with Crippen LogP contribution in [0, 0.1) is 5.92 Å². The van der Waals surface area contributed by atoms with Gasteiger partial charge in [-0.25, -0.2) is 0 Å². The van der Waals surface area contributed by atoms with E-state index in [9.17, 15) is 0 Å². The number of thioether (sulfide) groups is 1. The monoisotopic (exact) mass is 651 g/mol. The van der Waals surface area contributed by atoms with Crippen molar-refractivity contribution >= 4 is 57.9 Å². The lowest BCUT2D eigenvalue weighted by atomic mass is 10.0. The molecule has 6 heteroatoms. The first-order chi connectivity index (χ1) is 19.4. The average molecular weight is 653 g/mol. The van der Waals surface area contributed by atoms with Gasteiger partial charge >= 0.3 is 0 Å². The molecule has 41 heavy (non-hydrogen) atoms. The minimum absolute atomic E-state index is 0. The summed E-state index contributed by atoms with van der Waals surface area (Å²) in [7, 11) is 0. The third-order valence-electron chi connectivity index (χ3n) is 7.99. The third-order valence-corrected chi connectivity index (χ3v) is 9.54. The molecule has 0 aromatic carbocycles. The minimum atomic E-state index is -0.792. The van der Waals surface area contributed by atoms with E-state index in [-0.39, 0.29) is 12.4 Å². The van der Waals surface area contributed by atoms with E-state index in [1.54, 1.807) is 0 Å². The van der Waals surface area contributed by atoms with Crippen molar-refractivity contribution in [3.05, 3.63) is 0 Å². The summed E-state index contributed by atoms with van der Waals surface area (Å²) in [6.07, 6.45) is 37.0. The molecule has 246 valence electrons. The van der Waals surface area contributed by atoms with E-state index in [1.807, 2.05) is 13.8 Å². The van der Waals surface area contributed by atoms with Crippen molar-refractivity contribution in [2.24, 2.45) is 11.7 Å². The molecule has 0 amide bonds. The molecule has 0 aromatic rings. The minimum Gasteiger partial charge on any atom is -0.457 e. The Labute approximate surface area is 279 Å². The summed E-state index contributed by atoms with van der Waals surface area (Å²) in [5, 5.41) is -0.166. The second-order valence-electron chi connectivity index (χ2n) is 12.3. The predicted octanol–water partition coefficient (Wildman–Crippen LogP) is 13.7. The largest absolute Gasteiger partial charge is 0.457 e. The highest BCUT2D eigenvalue weighted by molar-refractivity contribution is 8.23. The van der Waals surface area contributed by atoms with Crippen LogP contribution in [0.5, 0.6) is 0 Å². The molecule has 2 N–H and O–H groups in total. The van der Waals surface area contributed by atoms with Crippen LogP contribution in [0.1, 0.15) is 201 Å². The zero-order valence-corrected chi connectivity index (χ0v) is 31.1. The van der Waals surface area contributed by atoms with Crippen LogP contribution in [0.4, 0.5) is 0 Å². The van der Waals surface area contributed by atoms with Crippen LogP contribution in [-0.4, -0.2) is 14.3 Å². The molecule has 2 nitrogen and oxygen atoms in total. The molecule has 0 heterocycles. The van der Waals surface area contributed by atoms with E-state index >= 15 is 0 Å². The van der Waals surface area contributed by atoms with E-state index in [0.29, 0.717) is 11.5 Å². The van der Waals surface area contributed by atoms with Crippen molar-refractivity contribution in [3.8, 4) is 0 Å². The van der Waals surface area contributed by atoms with Gasteiger partial charge in [0.05, 0.1) is 0 Å². The zero-order chi connectivity index (χ0) is 29.7. The van der Waals surface area contributed by atoms with Gasteiger partial charge in [0.15, 0.2) is 5.05 Å². The Hall–Kier alpha value is 0.580. The van der Waals surface area contributed by atoms with E-state index in [1.165, 1.54) is 166 Å². The van der Waals surface area contributed by atoms with Gasteiger partial charge in [-0.05, 0) is 31.5 Å².